The SMILES string of the molecule is COc1ccccc1[C@@H]1NC(=NCCN2CCCCC2)Nc2nc(C)cc(=O)n21. The van der Waals surface area contributed by atoms with E-state index in [9.17, 15) is 4.79 Å². The van der Waals surface area contributed by atoms with Crippen LogP contribution in [0.2, 0.25) is 0 Å². The molecule has 1 aromatic heterocycles. The second-order valence-electron chi connectivity index (χ2n) is 7.48. The van der Waals surface area contributed by atoms with Crippen LogP contribution in [0.3, 0.4) is 0 Å². The first-order valence-corrected chi connectivity index (χ1v) is 10.2. The number of aromatic nitrogens is 2. The van der Waals surface area contributed by atoms with Crippen LogP contribution in [0.5, 0.6) is 5.75 Å². The highest BCUT2D eigenvalue weighted by Gasteiger charge is 2.28. The van der Waals surface area contributed by atoms with E-state index >= 15 is 0 Å². The lowest BCUT2D eigenvalue weighted by Crippen LogP contribution is -2.48. The lowest BCUT2D eigenvalue weighted by molar-refractivity contribution is 0.235. The molecule has 4 rings (SSSR count). The number of ether oxygens (including phenoxy) is 1. The Kier molecular flexibility index (Phi) is 5.80. The molecule has 29 heavy (non-hydrogen) atoms. The number of benzene rings is 1. The summed E-state index contributed by atoms with van der Waals surface area (Å²) < 4.78 is 7.14. The summed E-state index contributed by atoms with van der Waals surface area (Å²) in [7, 11) is 1.63. The number of para-hydroxylation sites is 1. The fourth-order valence-electron chi connectivity index (χ4n) is 3.96. The average molecular weight is 396 g/mol. The van der Waals surface area contributed by atoms with E-state index in [-0.39, 0.29) is 5.56 Å². The van der Waals surface area contributed by atoms with Crippen molar-refractivity contribution in [3.05, 3.63) is 51.9 Å². The van der Waals surface area contributed by atoms with E-state index in [2.05, 4.69) is 20.5 Å². The van der Waals surface area contributed by atoms with E-state index in [0.717, 1.165) is 25.2 Å². The highest BCUT2D eigenvalue weighted by atomic mass is 16.5. The zero-order valence-corrected chi connectivity index (χ0v) is 17.0. The summed E-state index contributed by atoms with van der Waals surface area (Å²) in [6, 6.07) is 9.21. The fraction of sp³-hybridized carbons (Fsp3) is 0.476. The molecular weight excluding hydrogens is 368 g/mol. The number of rotatable bonds is 5. The number of anilines is 1. The smallest absolute Gasteiger partial charge is 0.257 e. The summed E-state index contributed by atoms with van der Waals surface area (Å²) in [6.07, 6.45) is 3.41. The first-order chi connectivity index (χ1) is 14.2. The number of fused-ring (bicyclic) bond motifs is 1. The number of hydrogen-bond donors (Lipinski definition) is 2. The molecule has 0 spiro atoms. The van der Waals surface area contributed by atoms with Crippen molar-refractivity contribution in [2.24, 2.45) is 4.99 Å². The molecule has 2 aromatic rings. The maximum absolute atomic E-state index is 12.8. The molecule has 3 heterocycles. The van der Waals surface area contributed by atoms with Crippen molar-refractivity contribution in [1.29, 1.82) is 0 Å². The topological polar surface area (TPSA) is 83.8 Å². The van der Waals surface area contributed by atoms with Gasteiger partial charge in [0.1, 0.15) is 11.9 Å². The Bertz CT molecular complexity index is 948. The van der Waals surface area contributed by atoms with E-state index in [1.165, 1.54) is 25.3 Å². The zero-order valence-electron chi connectivity index (χ0n) is 17.0. The minimum Gasteiger partial charge on any atom is -0.496 e. The van der Waals surface area contributed by atoms with E-state index in [1.54, 1.807) is 11.7 Å². The molecule has 0 bridgehead atoms. The van der Waals surface area contributed by atoms with Gasteiger partial charge in [-0.1, -0.05) is 24.6 Å². The highest BCUT2D eigenvalue weighted by molar-refractivity contribution is 5.93. The first-order valence-electron chi connectivity index (χ1n) is 10.2. The molecule has 0 aliphatic carbocycles. The number of piperidine rings is 1. The molecule has 8 heteroatoms. The fourth-order valence-corrected chi connectivity index (χ4v) is 3.96. The monoisotopic (exact) mass is 396 g/mol. The number of hydrogen-bond acceptors (Lipinski definition) is 5. The maximum atomic E-state index is 12.8. The van der Waals surface area contributed by atoms with Gasteiger partial charge in [0.2, 0.25) is 5.95 Å². The quantitative estimate of drug-likeness (QED) is 0.804. The van der Waals surface area contributed by atoms with Crippen molar-refractivity contribution < 1.29 is 4.74 Å². The van der Waals surface area contributed by atoms with Gasteiger partial charge in [0.25, 0.3) is 5.56 Å². The largest absolute Gasteiger partial charge is 0.496 e. The summed E-state index contributed by atoms with van der Waals surface area (Å²) in [5, 5.41) is 6.55. The maximum Gasteiger partial charge on any atom is 0.257 e. The Balaban J connectivity index is 1.63. The molecule has 154 valence electrons. The molecule has 2 aliphatic rings. The van der Waals surface area contributed by atoms with Crippen LogP contribution in [0.4, 0.5) is 5.95 Å². The van der Waals surface area contributed by atoms with Gasteiger partial charge in [-0.3, -0.25) is 19.7 Å². The van der Waals surface area contributed by atoms with Crippen molar-refractivity contribution in [2.75, 3.05) is 38.6 Å². The van der Waals surface area contributed by atoms with Crippen molar-refractivity contribution in [2.45, 2.75) is 32.4 Å². The molecule has 8 nitrogen and oxygen atoms in total. The van der Waals surface area contributed by atoms with Gasteiger partial charge >= 0.3 is 0 Å². The van der Waals surface area contributed by atoms with Gasteiger partial charge in [-0.2, -0.15) is 0 Å². The number of aliphatic imine (C=N–C) groups is 1. The predicted octanol–water partition coefficient (Wildman–Crippen LogP) is 1.96. The number of guanidine groups is 1. The van der Waals surface area contributed by atoms with Crippen LogP contribution in [0.15, 0.2) is 40.1 Å². The molecule has 2 aliphatic heterocycles. The molecule has 0 unspecified atom stereocenters. The van der Waals surface area contributed by atoms with Gasteiger partial charge in [-0.05, 0) is 38.9 Å². The first kappa shape index (κ1) is 19.4. The van der Waals surface area contributed by atoms with E-state index in [4.69, 9.17) is 9.73 Å². The summed E-state index contributed by atoms with van der Waals surface area (Å²) in [6.45, 7) is 5.73. The van der Waals surface area contributed by atoms with E-state index in [1.807, 2.05) is 31.2 Å². The highest BCUT2D eigenvalue weighted by Crippen LogP contribution is 2.28. The summed E-state index contributed by atoms with van der Waals surface area (Å²) in [4.78, 5) is 24.5. The van der Waals surface area contributed by atoms with Gasteiger partial charge in [0, 0.05) is 23.9 Å². The van der Waals surface area contributed by atoms with Crippen LogP contribution in [0, 0.1) is 6.92 Å². The molecule has 1 atom stereocenters. The van der Waals surface area contributed by atoms with Gasteiger partial charge in [-0.25, -0.2) is 4.98 Å². The van der Waals surface area contributed by atoms with Crippen LogP contribution in [0.1, 0.15) is 36.7 Å². The lowest BCUT2D eigenvalue weighted by atomic mass is 10.1. The Morgan fingerprint density at radius 2 is 2.03 bits per heavy atom. The molecule has 1 fully saturated rings. The Morgan fingerprint density at radius 3 is 2.83 bits per heavy atom. The van der Waals surface area contributed by atoms with Gasteiger partial charge in [-0.15, -0.1) is 0 Å². The summed E-state index contributed by atoms with van der Waals surface area (Å²) in [5.41, 5.74) is 1.40. The van der Waals surface area contributed by atoms with Crippen molar-refractivity contribution in [3.8, 4) is 5.75 Å². The predicted molar refractivity (Wildman–Crippen MR) is 114 cm³/mol. The number of likely N-dealkylation sites (tertiary alicyclic amines) is 1. The van der Waals surface area contributed by atoms with Crippen molar-refractivity contribution >= 4 is 11.9 Å². The van der Waals surface area contributed by atoms with Crippen LogP contribution in [-0.4, -0.2) is 53.7 Å². The van der Waals surface area contributed by atoms with Gasteiger partial charge in [0.05, 0.1) is 13.7 Å². The van der Waals surface area contributed by atoms with E-state index < -0.39 is 6.17 Å². The number of nitrogens with zero attached hydrogens (tertiary/aromatic N) is 4. The normalized spacial score (nSPS) is 20.6. The van der Waals surface area contributed by atoms with Crippen LogP contribution in [0.25, 0.3) is 0 Å². The molecule has 1 saturated heterocycles. The van der Waals surface area contributed by atoms with Crippen LogP contribution >= 0.6 is 0 Å². The van der Waals surface area contributed by atoms with E-state index in [0.29, 0.717) is 29.9 Å². The number of aryl methyl sites for hydroxylation is 1. The van der Waals surface area contributed by atoms with Gasteiger partial charge in [0.15, 0.2) is 5.96 Å². The second-order valence-corrected chi connectivity index (χ2v) is 7.48. The Morgan fingerprint density at radius 1 is 1.24 bits per heavy atom. The minimum absolute atomic E-state index is 0.129. The third-order valence-electron chi connectivity index (χ3n) is 5.41. The average Bonchev–Trinajstić information content (AvgIpc) is 2.73. The number of methoxy groups -OCH3 is 1. The van der Waals surface area contributed by atoms with Crippen LogP contribution < -0.4 is 20.9 Å². The Labute approximate surface area is 170 Å². The van der Waals surface area contributed by atoms with Crippen LogP contribution in [-0.2, 0) is 0 Å². The summed E-state index contributed by atoms with van der Waals surface area (Å²) in [5.74, 6) is 1.81. The standard InChI is InChI=1S/C21H28N6O2/c1-15-14-18(28)27-19(16-8-4-5-9-17(16)29-2)24-20(25-21(27)23-15)22-10-13-26-11-6-3-7-12-26/h4-5,8-9,14,19H,3,6-7,10-13H2,1-2H3,(H2,22,23,24,25)/t19-/m1/s1. The molecule has 2 N–H and O–H groups in total. The van der Waals surface area contributed by atoms with Gasteiger partial charge < -0.3 is 15.0 Å². The minimum atomic E-state index is -0.447. The third-order valence-corrected chi connectivity index (χ3v) is 5.41. The molecule has 0 radical (unpaired) electrons. The van der Waals surface area contributed by atoms with Crippen molar-refractivity contribution in [1.82, 2.24) is 19.8 Å². The zero-order chi connectivity index (χ0) is 20.2. The molecule has 1 aromatic carbocycles. The Hall–Kier alpha value is -2.87. The lowest BCUT2D eigenvalue weighted by Gasteiger charge is -2.32. The third kappa shape index (κ3) is 4.27. The molecule has 0 amide bonds. The summed E-state index contributed by atoms with van der Waals surface area (Å²) >= 11 is 0. The molecule has 0 saturated carbocycles. The molecular formula is C21H28N6O2. The number of nitrogens with one attached hydrogen (secondary N) is 2. The van der Waals surface area contributed by atoms with Crippen molar-refractivity contribution in [3.63, 3.8) is 0 Å². The second kappa shape index (κ2) is 8.65.